The number of amides is 1. The molecule has 0 aliphatic carbocycles. The van der Waals surface area contributed by atoms with Crippen molar-refractivity contribution < 1.29 is 22.7 Å². The number of halogens is 4. The zero-order valence-electron chi connectivity index (χ0n) is 18.0. The van der Waals surface area contributed by atoms with E-state index in [1.165, 1.54) is 6.42 Å². The number of alkyl halides is 3. The second kappa shape index (κ2) is 9.47. The molecule has 9 heteroatoms. The van der Waals surface area contributed by atoms with Crippen LogP contribution in [0.5, 0.6) is 5.75 Å². The minimum Gasteiger partial charge on any atom is -0.481 e. The zero-order chi connectivity index (χ0) is 23.6. The molecule has 2 heterocycles. The summed E-state index contributed by atoms with van der Waals surface area (Å²) in [6, 6.07) is 12.1. The first kappa shape index (κ1) is 23.2. The van der Waals surface area contributed by atoms with Gasteiger partial charge in [0.25, 0.3) is 5.91 Å². The summed E-state index contributed by atoms with van der Waals surface area (Å²) in [5.41, 5.74) is -0.406. The van der Waals surface area contributed by atoms with Crippen molar-refractivity contribution in [3.8, 4) is 5.75 Å². The van der Waals surface area contributed by atoms with Crippen LogP contribution in [0.15, 0.2) is 48.5 Å². The fourth-order valence-corrected chi connectivity index (χ4v) is 4.09. The highest BCUT2D eigenvalue weighted by molar-refractivity contribution is 6.33. The molecule has 174 valence electrons. The molecule has 33 heavy (non-hydrogen) atoms. The Kier molecular flexibility index (Phi) is 6.65. The van der Waals surface area contributed by atoms with Gasteiger partial charge in [-0.2, -0.15) is 13.2 Å². The van der Waals surface area contributed by atoms with Crippen molar-refractivity contribution >= 4 is 39.9 Å². The van der Waals surface area contributed by atoms with Gasteiger partial charge in [-0.3, -0.25) is 4.79 Å². The molecule has 1 amide bonds. The first-order chi connectivity index (χ1) is 15.7. The summed E-state index contributed by atoms with van der Waals surface area (Å²) in [6.45, 7) is 3.68. The van der Waals surface area contributed by atoms with Crippen molar-refractivity contribution in [2.24, 2.45) is 5.92 Å². The van der Waals surface area contributed by atoms with Crippen LogP contribution >= 0.6 is 11.6 Å². The summed E-state index contributed by atoms with van der Waals surface area (Å²) in [7, 11) is 0. The molecular formula is C24H23ClF3N3O2. The number of benzene rings is 2. The summed E-state index contributed by atoms with van der Waals surface area (Å²) < 4.78 is 44.6. The standard InChI is InChI=1S/C24H23ClF3N3O2/c1-15-4-3-11-31(13-15)21-10-7-16-5-2-6-20(23(16)30-21)33-14-22(32)29-19-12-17(24(26,27)28)8-9-18(19)25/h2,5-10,12,15H,3-4,11,13-14H2,1H3,(H,29,32). The molecule has 1 unspecified atom stereocenters. The van der Waals surface area contributed by atoms with E-state index in [2.05, 4.69) is 17.1 Å². The molecule has 5 nitrogen and oxygen atoms in total. The first-order valence-electron chi connectivity index (χ1n) is 10.6. The number of fused-ring (bicyclic) bond motifs is 1. The van der Waals surface area contributed by atoms with E-state index >= 15 is 0 Å². The molecule has 0 radical (unpaired) electrons. The molecule has 1 N–H and O–H groups in total. The van der Waals surface area contributed by atoms with Gasteiger partial charge in [0.1, 0.15) is 17.1 Å². The van der Waals surface area contributed by atoms with Crippen LogP contribution in [0.3, 0.4) is 0 Å². The number of anilines is 2. The highest BCUT2D eigenvalue weighted by Gasteiger charge is 2.31. The third kappa shape index (κ3) is 5.50. The lowest BCUT2D eigenvalue weighted by atomic mass is 10.0. The summed E-state index contributed by atoms with van der Waals surface area (Å²) >= 11 is 5.95. The van der Waals surface area contributed by atoms with Crippen LogP contribution in [0.2, 0.25) is 5.02 Å². The molecule has 1 aliphatic heterocycles. The number of ether oxygens (including phenoxy) is 1. The summed E-state index contributed by atoms with van der Waals surface area (Å²) in [5, 5.41) is 3.25. The second-order valence-corrected chi connectivity index (χ2v) is 8.63. The van der Waals surface area contributed by atoms with Crippen LogP contribution in [0, 0.1) is 5.92 Å². The van der Waals surface area contributed by atoms with E-state index in [0.717, 1.165) is 48.9 Å². The predicted octanol–water partition coefficient (Wildman–Crippen LogP) is 6.16. The van der Waals surface area contributed by atoms with Crippen molar-refractivity contribution in [1.82, 2.24) is 4.98 Å². The van der Waals surface area contributed by atoms with E-state index in [0.29, 0.717) is 17.2 Å². The number of aromatic nitrogens is 1. The third-order valence-corrected chi connectivity index (χ3v) is 5.91. The van der Waals surface area contributed by atoms with E-state index in [1.807, 2.05) is 18.2 Å². The van der Waals surface area contributed by atoms with Crippen LogP contribution in [0.1, 0.15) is 25.3 Å². The van der Waals surface area contributed by atoms with Gasteiger partial charge in [0.05, 0.1) is 16.3 Å². The molecule has 4 rings (SSSR count). The lowest BCUT2D eigenvalue weighted by Gasteiger charge is -2.32. The van der Waals surface area contributed by atoms with Crippen molar-refractivity contribution in [2.75, 3.05) is 29.9 Å². The summed E-state index contributed by atoms with van der Waals surface area (Å²) in [6.07, 6.45) is -2.24. The van der Waals surface area contributed by atoms with Crippen molar-refractivity contribution in [2.45, 2.75) is 25.9 Å². The van der Waals surface area contributed by atoms with Gasteiger partial charge in [-0.05, 0) is 55.2 Å². The molecule has 1 saturated heterocycles. The Labute approximate surface area is 194 Å². The van der Waals surface area contributed by atoms with Gasteiger partial charge >= 0.3 is 6.18 Å². The van der Waals surface area contributed by atoms with E-state index in [9.17, 15) is 18.0 Å². The maximum atomic E-state index is 13.0. The normalized spacial score (nSPS) is 16.6. The van der Waals surface area contributed by atoms with Gasteiger partial charge in [-0.1, -0.05) is 30.7 Å². The Hall–Kier alpha value is -3.00. The Balaban J connectivity index is 1.49. The van der Waals surface area contributed by atoms with E-state index in [4.69, 9.17) is 21.3 Å². The number of para-hydroxylation sites is 1. The Morgan fingerprint density at radius 3 is 2.82 bits per heavy atom. The smallest absolute Gasteiger partial charge is 0.416 e. The lowest BCUT2D eigenvalue weighted by molar-refractivity contribution is -0.137. The Morgan fingerprint density at radius 2 is 2.06 bits per heavy atom. The average molecular weight is 478 g/mol. The molecule has 1 fully saturated rings. The topological polar surface area (TPSA) is 54.5 Å². The van der Waals surface area contributed by atoms with Crippen LogP contribution in [-0.4, -0.2) is 30.6 Å². The summed E-state index contributed by atoms with van der Waals surface area (Å²) in [5.74, 6) is 1.23. The summed E-state index contributed by atoms with van der Waals surface area (Å²) in [4.78, 5) is 19.4. The van der Waals surface area contributed by atoms with Gasteiger partial charge in [0.15, 0.2) is 6.61 Å². The van der Waals surface area contributed by atoms with Crippen molar-refractivity contribution in [3.05, 3.63) is 59.1 Å². The number of carbonyl (C=O) groups is 1. The van der Waals surface area contributed by atoms with Gasteiger partial charge in [0, 0.05) is 18.5 Å². The molecule has 1 aromatic heterocycles. The quantitative estimate of drug-likeness (QED) is 0.478. The van der Waals surface area contributed by atoms with E-state index in [-0.39, 0.29) is 10.7 Å². The fourth-order valence-electron chi connectivity index (χ4n) is 3.93. The minimum absolute atomic E-state index is 0.00331. The Morgan fingerprint density at radius 1 is 1.24 bits per heavy atom. The largest absolute Gasteiger partial charge is 0.481 e. The maximum Gasteiger partial charge on any atom is 0.416 e. The SMILES string of the molecule is CC1CCCN(c2ccc3cccc(OCC(=O)Nc4cc(C(F)(F)F)ccc4Cl)c3n2)C1. The molecular weight excluding hydrogens is 455 g/mol. The lowest BCUT2D eigenvalue weighted by Crippen LogP contribution is -2.34. The van der Waals surface area contributed by atoms with Crippen LogP contribution < -0.4 is 15.0 Å². The predicted molar refractivity (Wildman–Crippen MR) is 123 cm³/mol. The van der Waals surface area contributed by atoms with Gasteiger partial charge in [0.2, 0.25) is 0 Å². The van der Waals surface area contributed by atoms with Crippen molar-refractivity contribution in [1.29, 1.82) is 0 Å². The maximum absolute atomic E-state index is 13.0. The van der Waals surface area contributed by atoms with Crippen LogP contribution in [0.4, 0.5) is 24.7 Å². The molecule has 3 aromatic rings. The monoisotopic (exact) mass is 477 g/mol. The first-order valence-corrected chi connectivity index (χ1v) is 11.0. The average Bonchev–Trinajstić information content (AvgIpc) is 2.78. The number of nitrogens with one attached hydrogen (secondary N) is 1. The Bertz CT molecular complexity index is 1170. The molecule has 1 atom stereocenters. The highest BCUT2D eigenvalue weighted by Crippen LogP contribution is 2.34. The number of pyridine rings is 1. The van der Waals surface area contributed by atoms with Crippen LogP contribution in [0.25, 0.3) is 10.9 Å². The number of piperidine rings is 1. The molecule has 2 aromatic carbocycles. The van der Waals surface area contributed by atoms with E-state index < -0.39 is 24.3 Å². The minimum atomic E-state index is -4.54. The second-order valence-electron chi connectivity index (χ2n) is 8.22. The van der Waals surface area contributed by atoms with Gasteiger partial charge in [-0.25, -0.2) is 4.98 Å². The molecule has 0 spiro atoms. The van der Waals surface area contributed by atoms with Crippen LogP contribution in [-0.2, 0) is 11.0 Å². The van der Waals surface area contributed by atoms with Gasteiger partial charge < -0.3 is 15.0 Å². The number of hydrogen-bond donors (Lipinski definition) is 1. The highest BCUT2D eigenvalue weighted by atomic mass is 35.5. The van der Waals surface area contributed by atoms with E-state index in [1.54, 1.807) is 12.1 Å². The fraction of sp³-hybridized carbons (Fsp3) is 0.333. The molecule has 1 aliphatic rings. The third-order valence-electron chi connectivity index (χ3n) is 5.58. The molecule has 0 bridgehead atoms. The zero-order valence-corrected chi connectivity index (χ0v) is 18.7. The number of nitrogens with zero attached hydrogens (tertiary/aromatic N) is 2. The van der Waals surface area contributed by atoms with Gasteiger partial charge in [-0.15, -0.1) is 0 Å². The van der Waals surface area contributed by atoms with Crippen molar-refractivity contribution in [3.63, 3.8) is 0 Å². The number of carbonyl (C=O) groups excluding carboxylic acids is 1. The number of hydrogen-bond acceptors (Lipinski definition) is 4. The molecule has 0 saturated carbocycles. The number of rotatable bonds is 5.